The minimum Gasteiger partial charge on any atom is -0.310 e. The van der Waals surface area contributed by atoms with E-state index in [0.29, 0.717) is 6.04 Å². The van der Waals surface area contributed by atoms with Gasteiger partial charge in [-0.2, -0.15) is 16.9 Å². The van der Waals surface area contributed by atoms with Crippen molar-refractivity contribution in [2.24, 2.45) is 0 Å². The fraction of sp³-hybridized carbons (Fsp3) is 0.800. The molecule has 0 radical (unpaired) electrons. The maximum atomic E-state index is 4.45. The van der Waals surface area contributed by atoms with Gasteiger partial charge in [-0.3, -0.25) is 4.68 Å². The summed E-state index contributed by atoms with van der Waals surface area (Å²) in [5, 5.41) is 9.01. The van der Waals surface area contributed by atoms with Crippen LogP contribution in [-0.4, -0.2) is 26.8 Å². The molecule has 108 valence electrons. The molecule has 2 unspecified atom stereocenters. The lowest BCUT2D eigenvalue weighted by Crippen LogP contribution is -2.26. The molecule has 1 aliphatic rings. The van der Waals surface area contributed by atoms with E-state index < -0.39 is 0 Å². The van der Waals surface area contributed by atoms with Gasteiger partial charge in [-0.15, -0.1) is 0 Å². The first-order valence-electron chi connectivity index (χ1n) is 7.38. The Morgan fingerprint density at radius 3 is 2.84 bits per heavy atom. The van der Waals surface area contributed by atoms with Crippen molar-refractivity contribution < 1.29 is 0 Å². The van der Waals surface area contributed by atoms with Gasteiger partial charge in [-0.05, 0) is 45.8 Å². The molecule has 1 aromatic rings. The molecule has 1 saturated carbocycles. The van der Waals surface area contributed by atoms with E-state index in [9.17, 15) is 0 Å². The Labute approximate surface area is 121 Å². The van der Waals surface area contributed by atoms with Gasteiger partial charge in [0.05, 0.1) is 11.7 Å². The number of hydrogen-bond acceptors (Lipinski definition) is 3. The van der Waals surface area contributed by atoms with Crippen LogP contribution in [0.4, 0.5) is 0 Å². The van der Waals surface area contributed by atoms with Crippen LogP contribution < -0.4 is 5.32 Å². The maximum absolute atomic E-state index is 4.45. The number of thioether (sulfide) groups is 1. The summed E-state index contributed by atoms with van der Waals surface area (Å²) >= 11 is 2.12. The predicted molar refractivity (Wildman–Crippen MR) is 83.6 cm³/mol. The van der Waals surface area contributed by atoms with Crippen LogP contribution in [0.5, 0.6) is 0 Å². The summed E-state index contributed by atoms with van der Waals surface area (Å²) in [7, 11) is 0. The van der Waals surface area contributed by atoms with Crippen LogP contribution in [0.3, 0.4) is 0 Å². The normalized spacial score (nSPS) is 24.0. The average molecular weight is 281 g/mol. The van der Waals surface area contributed by atoms with Crippen LogP contribution >= 0.6 is 11.8 Å². The zero-order valence-corrected chi connectivity index (χ0v) is 13.5. The van der Waals surface area contributed by atoms with Crippen LogP contribution in [-0.2, 0) is 12.1 Å². The number of nitrogens with zero attached hydrogens (tertiary/aromatic N) is 2. The van der Waals surface area contributed by atoms with Crippen molar-refractivity contribution in [1.82, 2.24) is 15.1 Å². The molecule has 1 aliphatic carbocycles. The van der Waals surface area contributed by atoms with Crippen molar-refractivity contribution in [2.75, 3.05) is 5.75 Å². The summed E-state index contributed by atoms with van der Waals surface area (Å²) in [6.45, 7) is 9.75. The lowest BCUT2D eigenvalue weighted by molar-refractivity contribution is 0.355. The monoisotopic (exact) mass is 281 g/mol. The molecule has 0 spiro atoms. The van der Waals surface area contributed by atoms with Gasteiger partial charge in [0, 0.05) is 29.6 Å². The fourth-order valence-electron chi connectivity index (χ4n) is 2.59. The van der Waals surface area contributed by atoms with E-state index in [-0.39, 0.29) is 5.54 Å². The van der Waals surface area contributed by atoms with Crippen molar-refractivity contribution in [1.29, 1.82) is 0 Å². The van der Waals surface area contributed by atoms with E-state index in [1.54, 1.807) is 0 Å². The molecule has 1 aromatic heterocycles. The third-order valence-corrected chi connectivity index (χ3v) is 4.94. The number of nitrogens with one attached hydrogen (secondary N) is 1. The second kappa shape index (κ2) is 6.31. The van der Waals surface area contributed by atoms with Crippen molar-refractivity contribution in [3.05, 3.63) is 18.0 Å². The second-order valence-corrected chi connectivity index (χ2v) is 8.01. The topological polar surface area (TPSA) is 29.9 Å². The molecule has 0 aromatic carbocycles. The van der Waals surface area contributed by atoms with E-state index in [1.807, 2.05) is 6.20 Å². The van der Waals surface area contributed by atoms with E-state index in [1.165, 1.54) is 30.6 Å². The summed E-state index contributed by atoms with van der Waals surface area (Å²) < 4.78 is 2.05. The molecule has 0 bridgehead atoms. The zero-order chi connectivity index (χ0) is 13.9. The van der Waals surface area contributed by atoms with Crippen LogP contribution in [0.15, 0.2) is 12.4 Å². The van der Waals surface area contributed by atoms with Crippen LogP contribution in [0.25, 0.3) is 0 Å². The van der Waals surface area contributed by atoms with Gasteiger partial charge in [0.15, 0.2) is 0 Å². The van der Waals surface area contributed by atoms with Gasteiger partial charge in [0.2, 0.25) is 0 Å². The lowest BCUT2D eigenvalue weighted by atomic mass is 10.1. The van der Waals surface area contributed by atoms with Crippen molar-refractivity contribution in [3.63, 3.8) is 0 Å². The Morgan fingerprint density at radius 1 is 1.42 bits per heavy atom. The molecule has 2 rings (SSSR count). The maximum Gasteiger partial charge on any atom is 0.0543 e. The van der Waals surface area contributed by atoms with Gasteiger partial charge >= 0.3 is 0 Å². The van der Waals surface area contributed by atoms with E-state index in [2.05, 4.69) is 60.8 Å². The van der Waals surface area contributed by atoms with E-state index >= 15 is 0 Å². The second-order valence-electron chi connectivity index (χ2n) is 6.43. The van der Waals surface area contributed by atoms with Gasteiger partial charge in [-0.25, -0.2) is 0 Å². The van der Waals surface area contributed by atoms with Crippen LogP contribution in [0.1, 0.15) is 52.5 Å². The summed E-state index contributed by atoms with van der Waals surface area (Å²) in [6.07, 6.45) is 8.18. The molecular formula is C15H27N3S. The highest BCUT2D eigenvalue weighted by Gasteiger charge is 2.24. The minimum atomic E-state index is 0.0778. The van der Waals surface area contributed by atoms with E-state index in [0.717, 1.165) is 11.8 Å². The number of rotatable bonds is 5. The Morgan fingerprint density at radius 2 is 2.21 bits per heavy atom. The van der Waals surface area contributed by atoms with Gasteiger partial charge in [0.25, 0.3) is 0 Å². The minimum absolute atomic E-state index is 0.0778. The standard InChI is InChI=1S/C15H27N3S/c1-5-19-14-7-6-13(8-14)16-9-12-10-17-18(11-12)15(2,3)4/h10-11,13-14,16H,5-9H2,1-4H3. The van der Waals surface area contributed by atoms with Crippen molar-refractivity contribution in [2.45, 2.75) is 70.3 Å². The molecule has 0 saturated heterocycles. The van der Waals surface area contributed by atoms with Gasteiger partial charge in [0.1, 0.15) is 0 Å². The zero-order valence-electron chi connectivity index (χ0n) is 12.6. The fourth-order valence-corrected chi connectivity index (χ4v) is 3.74. The molecule has 0 aliphatic heterocycles. The first-order chi connectivity index (χ1) is 8.99. The highest BCUT2D eigenvalue weighted by molar-refractivity contribution is 7.99. The smallest absolute Gasteiger partial charge is 0.0543 e. The highest BCUT2D eigenvalue weighted by Crippen LogP contribution is 2.29. The Bertz CT molecular complexity index is 394. The third-order valence-electron chi connectivity index (χ3n) is 3.71. The molecule has 0 amide bonds. The molecule has 3 nitrogen and oxygen atoms in total. The van der Waals surface area contributed by atoms with Crippen LogP contribution in [0, 0.1) is 0 Å². The predicted octanol–water partition coefficient (Wildman–Crippen LogP) is 3.40. The number of aromatic nitrogens is 2. The molecule has 1 fully saturated rings. The first kappa shape index (κ1) is 14.9. The van der Waals surface area contributed by atoms with Gasteiger partial charge < -0.3 is 5.32 Å². The molecular weight excluding hydrogens is 254 g/mol. The quantitative estimate of drug-likeness (QED) is 0.897. The highest BCUT2D eigenvalue weighted by atomic mass is 32.2. The molecule has 4 heteroatoms. The lowest BCUT2D eigenvalue weighted by Gasteiger charge is -2.18. The summed E-state index contributed by atoms with van der Waals surface area (Å²) in [5.41, 5.74) is 1.37. The summed E-state index contributed by atoms with van der Waals surface area (Å²) in [5.74, 6) is 1.25. The largest absolute Gasteiger partial charge is 0.310 e. The van der Waals surface area contributed by atoms with E-state index in [4.69, 9.17) is 0 Å². The Kier molecular flexibility index (Phi) is 4.96. The Hall–Kier alpha value is -0.480. The molecule has 1 heterocycles. The molecule has 2 atom stereocenters. The molecule has 1 N–H and O–H groups in total. The van der Waals surface area contributed by atoms with Crippen molar-refractivity contribution in [3.8, 4) is 0 Å². The number of hydrogen-bond donors (Lipinski definition) is 1. The SMILES string of the molecule is CCSC1CCC(NCc2cnn(C(C)(C)C)c2)C1. The van der Waals surface area contributed by atoms with Crippen molar-refractivity contribution >= 4 is 11.8 Å². The van der Waals surface area contributed by atoms with Crippen LogP contribution in [0.2, 0.25) is 0 Å². The molecule has 19 heavy (non-hydrogen) atoms. The Balaban J connectivity index is 1.79. The first-order valence-corrected chi connectivity index (χ1v) is 8.43. The summed E-state index contributed by atoms with van der Waals surface area (Å²) in [4.78, 5) is 0. The average Bonchev–Trinajstić information content (AvgIpc) is 2.94. The third kappa shape index (κ3) is 4.25. The summed E-state index contributed by atoms with van der Waals surface area (Å²) in [6, 6.07) is 0.696. The van der Waals surface area contributed by atoms with Gasteiger partial charge in [-0.1, -0.05) is 6.92 Å².